The molecule has 0 aromatic carbocycles. The van der Waals surface area contributed by atoms with E-state index in [2.05, 4.69) is 37.3 Å². The van der Waals surface area contributed by atoms with Gasteiger partial charge in [-0.3, -0.25) is 4.68 Å². The summed E-state index contributed by atoms with van der Waals surface area (Å²) in [5.74, 6) is 0. The van der Waals surface area contributed by atoms with Crippen LogP contribution in [-0.2, 0) is 11.8 Å². The van der Waals surface area contributed by atoms with Crippen molar-refractivity contribution in [2.45, 2.75) is 46.3 Å². The Bertz CT molecular complexity index is 333. The molecule has 0 aliphatic carbocycles. The van der Waals surface area contributed by atoms with Crippen LogP contribution in [0.2, 0.25) is 0 Å². The third kappa shape index (κ3) is 4.48. The van der Waals surface area contributed by atoms with E-state index in [1.807, 2.05) is 18.7 Å². The number of hydrogen-bond acceptors (Lipinski definition) is 3. The highest BCUT2D eigenvalue weighted by atomic mass is 16.5. The van der Waals surface area contributed by atoms with Crippen LogP contribution >= 0.6 is 0 Å². The smallest absolute Gasteiger partial charge is 0.0729 e. The molecule has 1 unspecified atom stereocenters. The van der Waals surface area contributed by atoms with Crippen molar-refractivity contribution in [3.8, 4) is 0 Å². The van der Waals surface area contributed by atoms with E-state index in [0.29, 0.717) is 6.61 Å². The van der Waals surface area contributed by atoms with Gasteiger partial charge in [-0.05, 0) is 39.8 Å². The first-order valence-electron chi connectivity index (χ1n) is 6.40. The number of nitrogens with zero attached hydrogens (tertiary/aromatic N) is 2. The lowest BCUT2D eigenvalue weighted by atomic mass is 10.2. The zero-order chi connectivity index (χ0) is 12.8. The average molecular weight is 239 g/mol. The Morgan fingerprint density at radius 2 is 2.18 bits per heavy atom. The maximum Gasteiger partial charge on any atom is 0.0729 e. The molecular formula is C13H25N3O. The molecule has 1 N–H and O–H groups in total. The molecule has 17 heavy (non-hydrogen) atoms. The number of nitrogens with one attached hydrogen (secondary N) is 1. The van der Waals surface area contributed by atoms with E-state index in [0.717, 1.165) is 18.7 Å². The minimum atomic E-state index is 0.226. The maximum atomic E-state index is 5.72. The monoisotopic (exact) mass is 239 g/mol. The minimum absolute atomic E-state index is 0.226. The summed E-state index contributed by atoms with van der Waals surface area (Å²) in [4.78, 5) is 0. The molecule has 0 amide bonds. The minimum Gasteiger partial charge on any atom is -0.377 e. The van der Waals surface area contributed by atoms with Gasteiger partial charge in [0.2, 0.25) is 0 Å². The fraction of sp³-hybridized carbons (Fsp3) is 0.769. The van der Waals surface area contributed by atoms with Crippen LogP contribution in [0.4, 0.5) is 0 Å². The number of hydrogen-bond donors (Lipinski definition) is 1. The standard InChI is InChI=1S/C13H25N3O/c1-6-7-14-12(9-17-10(2)3)13-8-11(4)15-16(13)5/h8,10,12,14H,6-7,9H2,1-5H3. The molecule has 0 radical (unpaired) electrons. The molecule has 4 heteroatoms. The van der Waals surface area contributed by atoms with Crippen LogP contribution in [0.25, 0.3) is 0 Å². The summed E-state index contributed by atoms with van der Waals surface area (Å²) in [5.41, 5.74) is 2.24. The highest BCUT2D eigenvalue weighted by Gasteiger charge is 2.16. The Hall–Kier alpha value is -0.870. The van der Waals surface area contributed by atoms with Crippen molar-refractivity contribution in [1.29, 1.82) is 0 Å². The van der Waals surface area contributed by atoms with E-state index in [4.69, 9.17) is 4.74 Å². The highest BCUT2D eigenvalue weighted by molar-refractivity contribution is 5.13. The van der Waals surface area contributed by atoms with E-state index in [1.54, 1.807) is 0 Å². The van der Waals surface area contributed by atoms with E-state index in [1.165, 1.54) is 5.69 Å². The van der Waals surface area contributed by atoms with Crippen molar-refractivity contribution in [3.63, 3.8) is 0 Å². The van der Waals surface area contributed by atoms with Gasteiger partial charge < -0.3 is 10.1 Å². The molecule has 98 valence electrons. The molecule has 0 spiro atoms. The Labute approximate surface area is 104 Å². The molecule has 0 saturated heterocycles. The van der Waals surface area contributed by atoms with Crippen LogP contribution in [0.1, 0.15) is 44.6 Å². The molecular weight excluding hydrogens is 214 g/mol. The number of aryl methyl sites for hydroxylation is 2. The molecule has 0 aliphatic rings. The van der Waals surface area contributed by atoms with Crippen LogP contribution < -0.4 is 5.32 Å². The predicted octanol–water partition coefficient (Wildman–Crippen LogP) is 2.19. The zero-order valence-corrected chi connectivity index (χ0v) is 11.7. The van der Waals surface area contributed by atoms with Gasteiger partial charge in [0.25, 0.3) is 0 Å². The van der Waals surface area contributed by atoms with Crippen molar-refractivity contribution in [3.05, 3.63) is 17.5 Å². The molecule has 0 saturated carbocycles. The SMILES string of the molecule is CCCNC(COC(C)C)c1cc(C)nn1C. The fourth-order valence-electron chi connectivity index (χ4n) is 1.81. The lowest BCUT2D eigenvalue weighted by Crippen LogP contribution is -2.29. The van der Waals surface area contributed by atoms with Crippen LogP contribution in [0.5, 0.6) is 0 Å². The summed E-state index contributed by atoms with van der Waals surface area (Å²) in [6.07, 6.45) is 1.38. The first-order valence-corrected chi connectivity index (χ1v) is 6.40. The molecule has 0 fully saturated rings. The van der Waals surface area contributed by atoms with Crippen LogP contribution in [-0.4, -0.2) is 29.0 Å². The molecule has 1 atom stereocenters. The zero-order valence-electron chi connectivity index (χ0n) is 11.7. The number of ether oxygens (including phenoxy) is 1. The Balaban J connectivity index is 2.70. The molecule has 1 heterocycles. The van der Waals surface area contributed by atoms with Gasteiger partial charge in [-0.2, -0.15) is 5.10 Å². The predicted molar refractivity (Wildman–Crippen MR) is 70.1 cm³/mol. The summed E-state index contributed by atoms with van der Waals surface area (Å²) in [6.45, 7) is 10.00. The van der Waals surface area contributed by atoms with Crippen LogP contribution in [0.15, 0.2) is 6.07 Å². The molecule has 1 aromatic heterocycles. The Kier molecular flexibility index (Phi) is 5.65. The average Bonchev–Trinajstić information content (AvgIpc) is 2.58. The van der Waals surface area contributed by atoms with Gasteiger partial charge in [0.15, 0.2) is 0 Å². The van der Waals surface area contributed by atoms with Gasteiger partial charge in [0.1, 0.15) is 0 Å². The summed E-state index contributed by atoms with van der Waals surface area (Å²) in [7, 11) is 1.98. The second kappa shape index (κ2) is 6.77. The maximum absolute atomic E-state index is 5.72. The third-order valence-corrected chi connectivity index (χ3v) is 2.63. The number of aromatic nitrogens is 2. The highest BCUT2D eigenvalue weighted by Crippen LogP contribution is 2.15. The van der Waals surface area contributed by atoms with E-state index >= 15 is 0 Å². The van der Waals surface area contributed by atoms with Gasteiger partial charge in [-0.1, -0.05) is 6.92 Å². The van der Waals surface area contributed by atoms with Gasteiger partial charge >= 0.3 is 0 Å². The molecule has 1 aromatic rings. The van der Waals surface area contributed by atoms with Crippen molar-refractivity contribution >= 4 is 0 Å². The van der Waals surface area contributed by atoms with Crippen molar-refractivity contribution < 1.29 is 4.74 Å². The summed E-state index contributed by atoms with van der Waals surface area (Å²) < 4.78 is 7.65. The quantitative estimate of drug-likeness (QED) is 0.793. The van der Waals surface area contributed by atoms with Gasteiger partial charge in [0.05, 0.1) is 30.1 Å². The molecule has 0 bridgehead atoms. The topological polar surface area (TPSA) is 39.1 Å². The second-order valence-corrected chi connectivity index (χ2v) is 4.72. The summed E-state index contributed by atoms with van der Waals surface area (Å²) >= 11 is 0. The van der Waals surface area contributed by atoms with Crippen LogP contribution in [0, 0.1) is 6.92 Å². The first-order chi connectivity index (χ1) is 8.04. The van der Waals surface area contributed by atoms with Crippen molar-refractivity contribution in [2.75, 3.05) is 13.2 Å². The Morgan fingerprint density at radius 3 is 2.65 bits per heavy atom. The van der Waals surface area contributed by atoms with Crippen molar-refractivity contribution in [1.82, 2.24) is 15.1 Å². The largest absolute Gasteiger partial charge is 0.377 e. The molecule has 1 rings (SSSR count). The number of rotatable bonds is 7. The van der Waals surface area contributed by atoms with Gasteiger partial charge in [-0.15, -0.1) is 0 Å². The van der Waals surface area contributed by atoms with Crippen LogP contribution in [0.3, 0.4) is 0 Å². The van der Waals surface area contributed by atoms with E-state index in [-0.39, 0.29) is 12.1 Å². The van der Waals surface area contributed by atoms with Crippen molar-refractivity contribution in [2.24, 2.45) is 7.05 Å². The lowest BCUT2D eigenvalue weighted by Gasteiger charge is -2.20. The lowest BCUT2D eigenvalue weighted by molar-refractivity contribution is 0.0596. The van der Waals surface area contributed by atoms with E-state index in [9.17, 15) is 0 Å². The summed E-state index contributed by atoms with van der Waals surface area (Å²) in [5, 5.41) is 7.90. The first kappa shape index (κ1) is 14.2. The van der Waals surface area contributed by atoms with Gasteiger partial charge in [-0.25, -0.2) is 0 Å². The third-order valence-electron chi connectivity index (χ3n) is 2.63. The van der Waals surface area contributed by atoms with Gasteiger partial charge in [0, 0.05) is 7.05 Å². The van der Waals surface area contributed by atoms with E-state index < -0.39 is 0 Å². The normalized spacial score (nSPS) is 13.3. The fourth-order valence-corrected chi connectivity index (χ4v) is 1.81. The second-order valence-electron chi connectivity index (χ2n) is 4.72. The summed E-state index contributed by atoms with van der Waals surface area (Å²) in [6, 6.07) is 2.35. The molecule has 4 nitrogen and oxygen atoms in total. The Morgan fingerprint density at radius 1 is 1.47 bits per heavy atom. The molecule has 0 aliphatic heterocycles.